The van der Waals surface area contributed by atoms with Crippen molar-refractivity contribution in [3.05, 3.63) is 0 Å². The van der Waals surface area contributed by atoms with Gasteiger partial charge in [0.15, 0.2) is 0 Å². The van der Waals surface area contributed by atoms with Crippen molar-refractivity contribution >= 4 is 17.5 Å². The first kappa shape index (κ1) is 12.7. The highest BCUT2D eigenvalue weighted by Crippen LogP contribution is 2.03. The van der Waals surface area contributed by atoms with Crippen molar-refractivity contribution < 1.29 is 9.53 Å². The van der Waals surface area contributed by atoms with Crippen LogP contribution in [0.5, 0.6) is 0 Å². The zero-order valence-corrected chi connectivity index (χ0v) is 10.0. The highest BCUT2D eigenvalue weighted by Gasteiger charge is 2.17. The van der Waals surface area contributed by atoms with E-state index in [1.54, 1.807) is 7.11 Å². The van der Waals surface area contributed by atoms with Gasteiger partial charge in [0.1, 0.15) is 5.88 Å². The number of halogens is 1. The van der Waals surface area contributed by atoms with Gasteiger partial charge in [-0.3, -0.25) is 9.69 Å². The molecule has 5 heteroatoms. The van der Waals surface area contributed by atoms with E-state index in [-0.39, 0.29) is 11.8 Å². The van der Waals surface area contributed by atoms with Gasteiger partial charge in [0.05, 0.1) is 6.61 Å². The van der Waals surface area contributed by atoms with Crippen LogP contribution in [0.2, 0.25) is 0 Å². The fraction of sp³-hybridized carbons (Fsp3) is 0.900. The molecule has 0 aromatic carbocycles. The Bertz CT molecular complexity index is 202. The Kier molecular flexibility index (Phi) is 5.98. The molecule has 0 saturated carbocycles. The smallest absolute Gasteiger partial charge is 0.237 e. The molecule has 0 aromatic heterocycles. The molecule has 0 unspecified atom stereocenters. The monoisotopic (exact) mass is 234 g/mol. The predicted molar refractivity (Wildman–Crippen MR) is 60.2 cm³/mol. The molecule has 0 radical (unpaired) electrons. The average Bonchev–Trinajstić information content (AvgIpc) is 2.50. The third-order valence-electron chi connectivity index (χ3n) is 2.67. The number of nitrogens with zero attached hydrogens (tertiary/aromatic N) is 2. The maximum absolute atomic E-state index is 11.4. The van der Waals surface area contributed by atoms with Crippen molar-refractivity contribution in [3.8, 4) is 0 Å². The highest BCUT2D eigenvalue weighted by molar-refractivity contribution is 6.27. The Morgan fingerprint density at radius 3 is 2.80 bits per heavy atom. The lowest BCUT2D eigenvalue weighted by molar-refractivity contribution is -0.128. The molecule has 1 rings (SSSR count). The quantitative estimate of drug-likeness (QED) is 0.661. The van der Waals surface area contributed by atoms with Gasteiger partial charge in [-0.15, -0.1) is 11.6 Å². The Labute approximate surface area is 96.1 Å². The number of carbonyl (C=O) groups is 1. The summed E-state index contributed by atoms with van der Waals surface area (Å²) in [6.45, 7) is 5.27. The summed E-state index contributed by atoms with van der Waals surface area (Å²) >= 11 is 5.53. The van der Waals surface area contributed by atoms with E-state index in [0.29, 0.717) is 0 Å². The number of ether oxygens (including phenoxy) is 1. The summed E-state index contributed by atoms with van der Waals surface area (Å²) in [4.78, 5) is 15.6. The molecule has 1 heterocycles. The standard InChI is InChI=1S/C10H19ClN2O2/c1-15-8-7-12-3-2-4-13(6-5-12)10(14)9-11/h2-9H2,1H3. The van der Waals surface area contributed by atoms with Crippen molar-refractivity contribution in [1.82, 2.24) is 9.80 Å². The predicted octanol–water partition coefficient (Wildman–Crippen LogP) is 0.406. The first-order chi connectivity index (χ1) is 7.27. The van der Waals surface area contributed by atoms with Crippen LogP contribution < -0.4 is 0 Å². The molecule has 15 heavy (non-hydrogen) atoms. The Morgan fingerprint density at radius 2 is 2.13 bits per heavy atom. The van der Waals surface area contributed by atoms with Gasteiger partial charge in [0, 0.05) is 33.3 Å². The normalized spacial score (nSPS) is 18.9. The topological polar surface area (TPSA) is 32.8 Å². The second-order valence-electron chi connectivity index (χ2n) is 3.70. The first-order valence-electron chi connectivity index (χ1n) is 5.33. The summed E-state index contributed by atoms with van der Waals surface area (Å²) in [7, 11) is 1.71. The SMILES string of the molecule is COCCN1CCCN(C(=O)CCl)CC1. The van der Waals surface area contributed by atoms with Crippen LogP contribution in [-0.2, 0) is 9.53 Å². The second-order valence-corrected chi connectivity index (χ2v) is 3.97. The van der Waals surface area contributed by atoms with Gasteiger partial charge < -0.3 is 9.64 Å². The van der Waals surface area contributed by atoms with Gasteiger partial charge in [-0.05, 0) is 13.0 Å². The van der Waals surface area contributed by atoms with Crippen LogP contribution in [-0.4, -0.2) is 68.0 Å². The summed E-state index contributed by atoms with van der Waals surface area (Å²) in [5, 5.41) is 0. The summed E-state index contributed by atoms with van der Waals surface area (Å²) in [6.07, 6.45) is 1.02. The van der Waals surface area contributed by atoms with Crippen molar-refractivity contribution in [2.24, 2.45) is 0 Å². The first-order valence-corrected chi connectivity index (χ1v) is 5.86. The molecule has 0 aromatic rings. The second kappa shape index (κ2) is 7.04. The van der Waals surface area contributed by atoms with Crippen LogP contribution in [0.1, 0.15) is 6.42 Å². The third kappa shape index (κ3) is 4.36. The molecular weight excluding hydrogens is 216 g/mol. The molecule has 1 saturated heterocycles. The molecule has 0 spiro atoms. The van der Waals surface area contributed by atoms with Crippen molar-refractivity contribution in [3.63, 3.8) is 0 Å². The van der Waals surface area contributed by atoms with E-state index in [4.69, 9.17) is 16.3 Å². The molecule has 0 aliphatic carbocycles. The Morgan fingerprint density at radius 1 is 1.33 bits per heavy atom. The maximum atomic E-state index is 11.4. The van der Waals surface area contributed by atoms with Crippen LogP contribution in [0.15, 0.2) is 0 Å². The van der Waals surface area contributed by atoms with Gasteiger partial charge in [-0.25, -0.2) is 0 Å². The number of hydrogen-bond acceptors (Lipinski definition) is 3. The van der Waals surface area contributed by atoms with Crippen LogP contribution >= 0.6 is 11.6 Å². The summed E-state index contributed by atoms with van der Waals surface area (Å²) in [5.74, 6) is 0.142. The molecule has 0 bridgehead atoms. The lowest BCUT2D eigenvalue weighted by Crippen LogP contribution is -2.36. The van der Waals surface area contributed by atoms with Crippen molar-refractivity contribution in [1.29, 1.82) is 0 Å². The molecule has 4 nitrogen and oxygen atoms in total. The zero-order chi connectivity index (χ0) is 11.1. The number of carbonyl (C=O) groups excluding carboxylic acids is 1. The van der Waals surface area contributed by atoms with Crippen molar-refractivity contribution in [2.75, 3.05) is 52.3 Å². The van der Waals surface area contributed by atoms with E-state index in [1.807, 2.05) is 4.90 Å². The van der Waals surface area contributed by atoms with Crippen LogP contribution in [0, 0.1) is 0 Å². The molecule has 1 fully saturated rings. The summed E-state index contributed by atoms with van der Waals surface area (Å²) in [6, 6.07) is 0. The Balaban J connectivity index is 2.31. The van der Waals surface area contributed by atoms with Gasteiger partial charge in [0.25, 0.3) is 0 Å². The van der Waals surface area contributed by atoms with Gasteiger partial charge in [-0.2, -0.15) is 0 Å². The molecule has 1 aliphatic rings. The van der Waals surface area contributed by atoms with E-state index in [2.05, 4.69) is 4.90 Å². The van der Waals surface area contributed by atoms with Crippen LogP contribution in [0.4, 0.5) is 0 Å². The minimum Gasteiger partial charge on any atom is -0.383 e. The fourth-order valence-corrected chi connectivity index (χ4v) is 1.92. The van der Waals surface area contributed by atoms with Gasteiger partial charge in [0.2, 0.25) is 5.91 Å². The number of amides is 1. The fourth-order valence-electron chi connectivity index (χ4n) is 1.75. The molecule has 1 amide bonds. The van der Waals surface area contributed by atoms with E-state index < -0.39 is 0 Å². The van der Waals surface area contributed by atoms with Crippen LogP contribution in [0.3, 0.4) is 0 Å². The third-order valence-corrected chi connectivity index (χ3v) is 2.90. The summed E-state index contributed by atoms with van der Waals surface area (Å²) < 4.78 is 5.04. The number of methoxy groups -OCH3 is 1. The highest BCUT2D eigenvalue weighted by atomic mass is 35.5. The number of hydrogen-bond donors (Lipinski definition) is 0. The van der Waals surface area contributed by atoms with E-state index >= 15 is 0 Å². The lowest BCUT2D eigenvalue weighted by atomic mass is 10.4. The molecular formula is C10H19ClN2O2. The molecule has 0 N–H and O–H groups in total. The average molecular weight is 235 g/mol. The Hall–Kier alpha value is -0.320. The molecule has 1 aliphatic heterocycles. The number of rotatable bonds is 4. The molecule has 0 atom stereocenters. The van der Waals surface area contributed by atoms with Gasteiger partial charge in [-0.1, -0.05) is 0 Å². The van der Waals surface area contributed by atoms with Crippen LogP contribution in [0.25, 0.3) is 0 Å². The molecule has 88 valence electrons. The van der Waals surface area contributed by atoms with E-state index in [9.17, 15) is 4.79 Å². The zero-order valence-electron chi connectivity index (χ0n) is 9.25. The lowest BCUT2D eigenvalue weighted by Gasteiger charge is -2.20. The van der Waals surface area contributed by atoms with E-state index in [1.165, 1.54) is 0 Å². The minimum absolute atomic E-state index is 0.0465. The van der Waals surface area contributed by atoms with Gasteiger partial charge >= 0.3 is 0 Å². The largest absolute Gasteiger partial charge is 0.383 e. The number of alkyl halides is 1. The van der Waals surface area contributed by atoms with E-state index in [0.717, 1.165) is 45.8 Å². The van der Waals surface area contributed by atoms with Crippen molar-refractivity contribution in [2.45, 2.75) is 6.42 Å². The summed E-state index contributed by atoms with van der Waals surface area (Å²) in [5.41, 5.74) is 0. The maximum Gasteiger partial charge on any atom is 0.237 e. The minimum atomic E-state index is 0.0465.